The van der Waals surface area contributed by atoms with Crippen molar-refractivity contribution >= 4 is 10.0 Å². The average molecular weight is 319 g/mol. The summed E-state index contributed by atoms with van der Waals surface area (Å²) in [6, 6.07) is 1.71. The number of aliphatic hydroxyl groups is 1. The zero-order valence-corrected chi connectivity index (χ0v) is 12.6. The first-order chi connectivity index (χ1) is 9.86. The summed E-state index contributed by atoms with van der Waals surface area (Å²) < 4.78 is 52.9. The van der Waals surface area contributed by atoms with Crippen LogP contribution in [0.3, 0.4) is 0 Å². The fourth-order valence-corrected chi connectivity index (χ4v) is 4.46. The highest BCUT2D eigenvalue weighted by Gasteiger charge is 2.37. The Hall–Kier alpha value is -1.05. The van der Waals surface area contributed by atoms with Crippen LogP contribution in [-0.2, 0) is 10.0 Å². The van der Waals surface area contributed by atoms with Gasteiger partial charge in [-0.05, 0) is 31.4 Å². The van der Waals surface area contributed by atoms with Crippen LogP contribution in [-0.4, -0.2) is 36.5 Å². The van der Waals surface area contributed by atoms with E-state index >= 15 is 0 Å². The molecule has 118 valence electrons. The molecule has 1 saturated heterocycles. The Bertz CT molecular complexity index is 586. The van der Waals surface area contributed by atoms with Crippen molar-refractivity contribution in [1.29, 1.82) is 0 Å². The van der Waals surface area contributed by atoms with E-state index in [1.807, 2.05) is 0 Å². The Morgan fingerprint density at radius 1 is 1.29 bits per heavy atom. The lowest BCUT2D eigenvalue weighted by atomic mass is 9.98. The molecular formula is C14H19F2NO3S. The fraction of sp³-hybridized carbons (Fsp3) is 0.571. The van der Waals surface area contributed by atoms with E-state index in [2.05, 4.69) is 0 Å². The van der Waals surface area contributed by atoms with Crippen molar-refractivity contribution in [2.24, 2.45) is 0 Å². The third kappa shape index (κ3) is 3.41. The summed E-state index contributed by atoms with van der Waals surface area (Å²) in [4.78, 5) is -0.407. The summed E-state index contributed by atoms with van der Waals surface area (Å²) in [5.41, 5.74) is 0. The van der Waals surface area contributed by atoms with Crippen LogP contribution in [0.25, 0.3) is 0 Å². The second-order valence-corrected chi connectivity index (χ2v) is 7.15. The van der Waals surface area contributed by atoms with Gasteiger partial charge in [-0.2, -0.15) is 4.31 Å². The number of piperidine rings is 1. The van der Waals surface area contributed by atoms with Gasteiger partial charge in [-0.15, -0.1) is 0 Å². The van der Waals surface area contributed by atoms with Crippen molar-refractivity contribution in [3.8, 4) is 0 Å². The van der Waals surface area contributed by atoms with E-state index in [-0.39, 0.29) is 6.54 Å². The minimum atomic E-state index is -4.02. The highest BCUT2D eigenvalue weighted by molar-refractivity contribution is 7.89. The third-order valence-corrected chi connectivity index (χ3v) is 5.71. The van der Waals surface area contributed by atoms with Crippen LogP contribution in [0.2, 0.25) is 0 Å². The topological polar surface area (TPSA) is 57.6 Å². The Morgan fingerprint density at radius 3 is 2.48 bits per heavy atom. The number of benzene rings is 1. The van der Waals surface area contributed by atoms with Gasteiger partial charge in [0, 0.05) is 12.6 Å². The van der Waals surface area contributed by atoms with E-state index in [4.69, 9.17) is 0 Å². The van der Waals surface area contributed by atoms with Crippen LogP contribution in [0, 0.1) is 11.6 Å². The largest absolute Gasteiger partial charge is 0.391 e. The number of rotatable bonds is 4. The van der Waals surface area contributed by atoms with Gasteiger partial charge in [0.1, 0.15) is 11.6 Å². The molecule has 2 atom stereocenters. The highest BCUT2D eigenvalue weighted by Crippen LogP contribution is 2.28. The first-order valence-corrected chi connectivity index (χ1v) is 8.46. The molecule has 1 heterocycles. The molecule has 21 heavy (non-hydrogen) atoms. The predicted molar refractivity (Wildman–Crippen MR) is 74.2 cm³/mol. The van der Waals surface area contributed by atoms with Crippen molar-refractivity contribution in [1.82, 2.24) is 4.31 Å². The van der Waals surface area contributed by atoms with Gasteiger partial charge in [-0.25, -0.2) is 17.2 Å². The molecule has 0 saturated carbocycles. The maximum absolute atomic E-state index is 13.3. The molecule has 0 spiro atoms. The quantitative estimate of drug-likeness (QED) is 0.926. The first-order valence-electron chi connectivity index (χ1n) is 7.02. The van der Waals surface area contributed by atoms with Crippen molar-refractivity contribution in [2.45, 2.75) is 49.6 Å². The second kappa shape index (κ2) is 6.37. The highest BCUT2D eigenvalue weighted by atomic mass is 32.2. The molecule has 0 amide bonds. The molecule has 0 aromatic heterocycles. The van der Waals surface area contributed by atoms with Crippen molar-refractivity contribution in [3.63, 3.8) is 0 Å². The number of halogens is 2. The SMILES string of the molecule is CCC(O)C1CCCCN1S(=O)(=O)c1cc(F)cc(F)c1. The zero-order chi connectivity index (χ0) is 15.6. The molecule has 1 aliphatic rings. The van der Waals surface area contributed by atoms with Gasteiger partial charge in [0.25, 0.3) is 0 Å². The van der Waals surface area contributed by atoms with Crippen molar-refractivity contribution < 1.29 is 22.3 Å². The molecule has 1 aromatic rings. The van der Waals surface area contributed by atoms with E-state index in [0.29, 0.717) is 25.3 Å². The summed E-state index contributed by atoms with van der Waals surface area (Å²) in [5, 5.41) is 10.0. The van der Waals surface area contributed by atoms with Gasteiger partial charge in [0.05, 0.1) is 17.0 Å². The Morgan fingerprint density at radius 2 is 1.90 bits per heavy atom. The number of sulfonamides is 1. The summed E-state index contributed by atoms with van der Waals surface area (Å²) >= 11 is 0. The predicted octanol–water partition coefficient (Wildman–Crippen LogP) is 2.28. The molecule has 0 radical (unpaired) electrons. The Balaban J connectivity index is 2.40. The van der Waals surface area contributed by atoms with Gasteiger partial charge >= 0.3 is 0 Å². The number of hydrogen-bond acceptors (Lipinski definition) is 3. The van der Waals surface area contributed by atoms with E-state index in [1.165, 1.54) is 4.31 Å². The normalized spacial score (nSPS) is 22.2. The van der Waals surface area contributed by atoms with Crippen molar-refractivity contribution in [2.75, 3.05) is 6.54 Å². The lowest BCUT2D eigenvalue weighted by molar-refractivity contribution is 0.0667. The molecule has 1 aliphatic heterocycles. The number of nitrogens with zero attached hydrogens (tertiary/aromatic N) is 1. The lowest BCUT2D eigenvalue weighted by Gasteiger charge is -2.37. The summed E-state index contributed by atoms with van der Waals surface area (Å²) in [6.07, 6.45) is 1.69. The van der Waals surface area contributed by atoms with Gasteiger partial charge in [-0.3, -0.25) is 0 Å². The molecule has 2 unspecified atom stereocenters. The van der Waals surface area contributed by atoms with Gasteiger partial charge in [-0.1, -0.05) is 13.3 Å². The molecule has 1 fully saturated rings. The zero-order valence-electron chi connectivity index (χ0n) is 11.8. The van der Waals surface area contributed by atoms with E-state index < -0.39 is 38.7 Å². The average Bonchev–Trinajstić information content (AvgIpc) is 2.45. The summed E-state index contributed by atoms with van der Waals surface area (Å²) in [7, 11) is -4.02. The van der Waals surface area contributed by atoms with Gasteiger partial charge < -0.3 is 5.11 Å². The second-order valence-electron chi connectivity index (χ2n) is 5.26. The van der Waals surface area contributed by atoms with E-state index in [9.17, 15) is 22.3 Å². The van der Waals surface area contributed by atoms with Crippen LogP contribution < -0.4 is 0 Å². The lowest BCUT2D eigenvalue weighted by Crippen LogP contribution is -2.49. The van der Waals surface area contributed by atoms with E-state index in [0.717, 1.165) is 18.6 Å². The molecule has 7 heteroatoms. The minimum absolute atomic E-state index is 0.252. The Labute approximate surface area is 123 Å². The summed E-state index contributed by atoms with van der Waals surface area (Å²) in [5.74, 6) is -1.86. The molecule has 4 nitrogen and oxygen atoms in total. The van der Waals surface area contributed by atoms with Crippen LogP contribution >= 0.6 is 0 Å². The van der Waals surface area contributed by atoms with Gasteiger partial charge in [0.2, 0.25) is 10.0 Å². The summed E-state index contributed by atoms with van der Waals surface area (Å²) in [6.45, 7) is 2.02. The molecule has 2 rings (SSSR count). The number of hydrogen-bond donors (Lipinski definition) is 1. The standard InChI is InChI=1S/C14H19F2NO3S/c1-2-14(18)13-5-3-4-6-17(13)21(19,20)12-8-10(15)7-11(16)9-12/h7-9,13-14,18H,2-6H2,1H3. The number of aliphatic hydroxyl groups excluding tert-OH is 1. The smallest absolute Gasteiger partial charge is 0.243 e. The fourth-order valence-electron chi connectivity index (χ4n) is 2.70. The maximum atomic E-state index is 13.3. The molecule has 0 aliphatic carbocycles. The van der Waals surface area contributed by atoms with Crippen LogP contribution in [0.4, 0.5) is 8.78 Å². The van der Waals surface area contributed by atoms with Crippen LogP contribution in [0.5, 0.6) is 0 Å². The maximum Gasteiger partial charge on any atom is 0.243 e. The van der Waals surface area contributed by atoms with Crippen LogP contribution in [0.15, 0.2) is 23.1 Å². The third-order valence-electron chi connectivity index (χ3n) is 3.80. The molecule has 0 bridgehead atoms. The molecular weight excluding hydrogens is 300 g/mol. The minimum Gasteiger partial charge on any atom is -0.391 e. The molecule has 1 N–H and O–H groups in total. The Kier molecular flexibility index (Phi) is 4.95. The van der Waals surface area contributed by atoms with E-state index in [1.54, 1.807) is 6.92 Å². The monoisotopic (exact) mass is 319 g/mol. The van der Waals surface area contributed by atoms with Crippen molar-refractivity contribution in [3.05, 3.63) is 29.8 Å². The molecule has 1 aromatic carbocycles. The van der Waals surface area contributed by atoms with Gasteiger partial charge in [0.15, 0.2) is 0 Å². The first kappa shape index (κ1) is 16.3. The van der Waals surface area contributed by atoms with Crippen LogP contribution in [0.1, 0.15) is 32.6 Å².